The highest BCUT2D eigenvalue weighted by Crippen LogP contribution is 2.34. The molecule has 0 unspecified atom stereocenters. The molecule has 0 radical (unpaired) electrons. The number of rotatable bonds is 7. The molecule has 1 aliphatic heterocycles. The van der Waals surface area contributed by atoms with Crippen LogP contribution in [0.2, 0.25) is 0 Å². The smallest absolute Gasteiger partial charge is 0.248 e. The van der Waals surface area contributed by atoms with E-state index in [-0.39, 0.29) is 17.7 Å². The third-order valence-electron chi connectivity index (χ3n) is 7.90. The van der Waals surface area contributed by atoms with Crippen LogP contribution in [0.1, 0.15) is 32.1 Å². The predicted octanol–water partition coefficient (Wildman–Crippen LogP) is 4.15. The number of nitrogens with one attached hydrogen (secondary N) is 1. The lowest BCUT2D eigenvalue weighted by molar-refractivity contribution is 0.147. The number of nitrogens with two attached hydrogens (primary N) is 1. The molecule has 0 bridgehead atoms. The molecule has 11 nitrogen and oxygen atoms in total. The van der Waals surface area contributed by atoms with Gasteiger partial charge in [0.2, 0.25) is 11.9 Å². The summed E-state index contributed by atoms with van der Waals surface area (Å²) in [5.41, 5.74) is 7.98. The van der Waals surface area contributed by atoms with E-state index in [0.717, 1.165) is 26.2 Å². The van der Waals surface area contributed by atoms with Crippen molar-refractivity contribution in [2.45, 2.75) is 38.1 Å². The van der Waals surface area contributed by atoms with Gasteiger partial charge in [-0.3, -0.25) is 4.90 Å². The Morgan fingerprint density at radius 2 is 1.70 bits per heavy atom. The molecule has 4 aromatic rings. The molecule has 1 saturated carbocycles. The number of hydrogen-bond acceptors (Lipinski definition) is 10. The largest absolute Gasteiger partial charge is 0.493 e. The quantitative estimate of drug-likeness (QED) is 0.349. The van der Waals surface area contributed by atoms with Crippen molar-refractivity contribution < 1.29 is 13.9 Å². The molecule has 1 aliphatic carbocycles. The minimum absolute atomic E-state index is 0.116. The molecule has 2 aromatic heterocycles. The number of anilines is 4. The molecule has 3 heterocycles. The Morgan fingerprint density at radius 1 is 0.950 bits per heavy atom. The first-order valence-corrected chi connectivity index (χ1v) is 13.7. The van der Waals surface area contributed by atoms with Gasteiger partial charge in [-0.15, -0.1) is 5.10 Å². The Labute approximate surface area is 232 Å². The van der Waals surface area contributed by atoms with Gasteiger partial charge in [0, 0.05) is 49.4 Å². The van der Waals surface area contributed by atoms with E-state index in [1.165, 1.54) is 49.2 Å². The molecule has 12 heteroatoms. The number of benzene rings is 2. The van der Waals surface area contributed by atoms with Gasteiger partial charge in [-0.05, 0) is 37.1 Å². The molecule has 40 heavy (non-hydrogen) atoms. The van der Waals surface area contributed by atoms with Crippen LogP contribution in [-0.2, 0) is 0 Å². The monoisotopic (exact) mass is 547 g/mol. The highest BCUT2D eigenvalue weighted by Gasteiger charge is 2.26. The second-order valence-electron chi connectivity index (χ2n) is 10.2. The van der Waals surface area contributed by atoms with E-state index in [9.17, 15) is 0 Å². The molecular formula is C28H34FN9O2. The van der Waals surface area contributed by atoms with Crippen molar-refractivity contribution in [2.75, 3.05) is 56.3 Å². The van der Waals surface area contributed by atoms with Crippen molar-refractivity contribution in [1.82, 2.24) is 29.6 Å². The SMILES string of the molecule is COc1cc2ncnc(-n3nc(Nc4ccc(N5CCN(C6CCCCC6)CC5)c(F)c4)nc3N)c2cc1OC. The number of piperazine rings is 1. The molecule has 6 rings (SSSR count). The zero-order valence-corrected chi connectivity index (χ0v) is 22.8. The fraction of sp³-hybridized carbons (Fsp3) is 0.429. The fourth-order valence-corrected chi connectivity index (χ4v) is 5.82. The Balaban J connectivity index is 1.18. The van der Waals surface area contributed by atoms with E-state index in [2.05, 4.69) is 35.2 Å². The van der Waals surface area contributed by atoms with Crippen LogP contribution in [0.25, 0.3) is 16.7 Å². The van der Waals surface area contributed by atoms with E-state index in [1.807, 2.05) is 12.1 Å². The summed E-state index contributed by atoms with van der Waals surface area (Å²) < 4.78 is 27.5. The maximum atomic E-state index is 15.2. The first kappa shape index (κ1) is 26.1. The van der Waals surface area contributed by atoms with Crippen LogP contribution in [0.4, 0.5) is 27.7 Å². The second-order valence-corrected chi connectivity index (χ2v) is 10.2. The van der Waals surface area contributed by atoms with Crippen molar-refractivity contribution in [3.63, 3.8) is 0 Å². The summed E-state index contributed by atoms with van der Waals surface area (Å²) in [6.07, 6.45) is 8.01. The highest BCUT2D eigenvalue weighted by atomic mass is 19.1. The van der Waals surface area contributed by atoms with E-state index >= 15 is 4.39 Å². The lowest BCUT2D eigenvalue weighted by Gasteiger charge is -2.41. The summed E-state index contributed by atoms with van der Waals surface area (Å²) in [5.74, 6) is 1.55. The van der Waals surface area contributed by atoms with Gasteiger partial charge in [-0.2, -0.15) is 9.67 Å². The number of aromatic nitrogens is 5. The summed E-state index contributed by atoms with van der Waals surface area (Å²) in [6, 6.07) is 9.33. The van der Waals surface area contributed by atoms with E-state index in [1.54, 1.807) is 26.4 Å². The van der Waals surface area contributed by atoms with E-state index in [0.29, 0.717) is 45.6 Å². The van der Waals surface area contributed by atoms with Gasteiger partial charge in [0.1, 0.15) is 12.1 Å². The standard InChI is InChI=1S/C28H34FN9O2/c1-39-24-15-20-22(16-25(24)40-2)31-17-32-26(20)38-27(30)34-28(35-38)33-18-8-9-23(21(29)14-18)37-12-10-36(11-13-37)19-6-4-3-5-7-19/h8-9,14-17,19H,3-7,10-13H2,1-2H3,(H3,30,33,34,35). The average Bonchev–Trinajstić information content (AvgIpc) is 3.35. The zero-order chi connectivity index (χ0) is 27.6. The first-order valence-electron chi connectivity index (χ1n) is 13.7. The van der Waals surface area contributed by atoms with Crippen molar-refractivity contribution in [1.29, 1.82) is 0 Å². The van der Waals surface area contributed by atoms with Crippen LogP contribution >= 0.6 is 0 Å². The average molecular weight is 548 g/mol. The van der Waals surface area contributed by atoms with E-state index in [4.69, 9.17) is 15.2 Å². The number of fused-ring (bicyclic) bond motifs is 1. The third-order valence-corrected chi connectivity index (χ3v) is 7.90. The van der Waals surface area contributed by atoms with Crippen molar-refractivity contribution >= 4 is 34.2 Å². The van der Waals surface area contributed by atoms with Gasteiger partial charge in [0.05, 0.1) is 25.4 Å². The Bertz CT molecular complexity index is 1500. The molecule has 1 saturated heterocycles. The Hall–Kier alpha value is -4.19. The summed E-state index contributed by atoms with van der Waals surface area (Å²) >= 11 is 0. The number of hydrogen-bond donors (Lipinski definition) is 2. The van der Waals surface area contributed by atoms with Crippen LogP contribution in [0, 0.1) is 5.82 Å². The van der Waals surface area contributed by atoms with Gasteiger partial charge in [-0.1, -0.05) is 19.3 Å². The van der Waals surface area contributed by atoms with Gasteiger partial charge >= 0.3 is 0 Å². The minimum Gasteiger partial charge on any atom is -0.493 e. The molecule has 2 fully saturated rings. The zero-order valence-electron chi connectivity index (χ0n) is 22.8. The highest BCUT2D eigenvalue weighted by molar-refractivity contribution is 5.88. The summed E-state index contributed by atoms with van der Waals surface area (Å²) in [4.78, 5) is 17.7. The topological polar surface area (TPSA) is 119 Å². The Kier molecular flexibility index (Phi) is 7.25. The Morgan fingerprint density at radius 3 is 2.42 bits per heavy atom. The maximum absolute atomic E-state index is 15.2. The fourth-order valence-electron chi connectivity index (χ4n) is 5.82. The second kappa shape index (κ2) is 11.1. The molecule has 2 aliphatic rings. The molecule has 3 N–H and O–H groups in total. The van der Waals surface area contributed by atoms with Crippen molar-refractivity contribution in [3.05, 3.63) is 42.5 Å². The summed E-state index contributed by atoms with van der Waals surface area (Å²) in [6.45, 7) is 3.60. The maximum Gasteiger partial charge on any atom is 0.248 e. The van der Waals surface area contributed by atoms with Crippen LogP contribution in [0.15, 0.2) is 36.7 Å². The van der Waals surface area contributed by atoms with Crippen LogP contribution in [0.5, 0.6) is 11.5 Å². The normalized spacial score (nSPS) is 16.8. The van der Waals surface area contributed by atoms with Gasteiger partial charge in [0.15, 0.2) is 17.3 Å². The lowest BCUT2D eigenvalue weighted by Crippen LogP contribution is -2.51. The minimum atomic E-state index is -0.286. The van der Waals surface area contributed by atoms with Crippen LogP contribution in [-0.4, -0.2) is 76.1 Å². The molecule has 0 spiro atoms. The lowest BCUT2D eigenvalue weighted by atomic mass is 9.94. The summed E-state index contributed by atoms with van der Waals surface area (Å²) in [7, 11) is 3.12. The van der Waals surface area contributed by atoms with Crippen molar-refractivity contribution in [3.8, 4) is 17.3 Å². The molecule has 0 amide bonds. The summed E-state index contributed by atoms with van der Waals surface area (Å²) in [5, 5.41) is 8.21. The van der Waals surface area contributed by atoms with Crippen LogP contribution in [0.3, 0.4) is 0 Å². The predicted molar refractivity (Wildman–Crippen MR) is 152 cm³/mol. The number of nitrogen functional groups attached to an aromatic ring is 1. The molecular weight excluding hydrogens is 513 g/mol. The van der Waals surface area contributed by atoms with Gasteiger partial charge in [0.25, 0.3) is 0 Å². The number of methoxy groups -OCH3 is 2. The van der Waals surface area contributed by atoms with E-state index < -0.39 is 0 Å². The number of nitrogens with zero attached hydrogens (tertiary/aromatic N) is 7. The van der Waals surface area contributed by atoms with Crippen molar-refractivity contribution in [2.24, 2.45) is 0 Å². The number of ether oxygens (including phenoxy) is 2. The molecule has 0 atom stereocenters. The van der Waals surface area contributed by atoms with Gasteiger partial charge in [-0.25, -0.2) is 14.4 Å². The van der Waals surface area contributed by atoms with Gasteiger partial charge < -0.3 is 25.4 Å². The third kappa shape index (κ3) is 5.06. The first-order chi connectivity index (χ1) is 19.5. The van der Waals surface area contributed by atoms with Crippen LogP contribution < -0.4 is 25.4 Å². The molecule has 210 valence electrons. The number of halogens is 1. The molecule has 2 aromatic carbocycles.